The number of ether oxygens (including phenoxy) is 2. The van der Waals surface area contributed by atoms with E-state index in [0.29, 0.717) is 12.7 Å². The lowest BCUT2D eigenvalue weighted by Gasteiger charge is -2.35. The number of piperazine rings is 1. The van der Waals surface area contributed by atoms with E-state index in [9.17, 15) is 0 Å². The van der Waals surface area contributed by atoms with Gasteiger partial charge in [0.25, 0.3) is 0 Å². The number of anilines is 2. The smallest absolute Gasteiger partial charge is 0.231 e. The molecule has 0 amide bonds. The molecule has 7 nitrogen and oxygen atoms in total. The van der Waals surface area contributed by atoms with E-state index in [1.807, 2.05) is 18.3 Å². The van der Waals surface area contributed by atoms with E-state index in [0.717, 1.165) is 63.0 Å². The molecule has 0 unspecified atom stereocenters. The minimum atomic E-state index is 0.325. The molecule has 0 bridgehead atoms. The Kier molecular flexibility index (Phi) is 5.06. The van der Waals surface area contributed by atoms with Crippen molar-refractivity contribution in [2.75, 3.05) is 49.7 Å². The third-order valence-corrected chi connectivity index (χ3v) is 4.71. The number of hydrogen-bond acceptors (Lipinski definition) is 7. The van der Waals surface area contributed by atoms with Crippen LogP contribution in [0, 0.1) is 0 Å². The third kappa shape index (κ3) is 3.83. The van der Waals surface area contributed by atoms with Gasteiger partial charge in [0, 0.05) is 45.5 Å². The largest absolute Gasteiger partial charge is 0.454 e. The number of rotatable bonds is 6. The van der Waals surface area contributed by atoms with Gasteiger partial charge in [-0.25, -0.2) is 4.98 Å². The van der Waals surface area contributed by atoms with E-state index in [4.69, 9.17) is 9.47 Å². The number of hydrogen-bond donors (Lipinski definition) is 1. The highest BCUT2D eigenvalue weighted by molar-refractivity contribution is 5.45. The standard InChI is InChI=1S/C19H25N5O2/c1-2-6-20-19-21-7-5-18(22-19)24-10-8-23(9-11-24)13-15-3-4-16-17(12-15)26-14-25-16/h3-5,7,12H,2,6,8-11,13-14H2,1H3,(H,20,21,22). The first-order valence-electron chi connectivity index (χ1n) is 9.24. The van der Waals surface area contributed by atoms with Crippen molar-refractivity contribution in [1.29, 1.82) is 0 Å². The van der Waals surface area contributed by atoms with Gasteiger partial charge < -0.3 is 19.7 Å². The monoisotopic (exact) mass is 355 g/mol. The molecule has 2 aliphatic heterocycles. The van der Waals surface area contributed by atoms with Crippen LogP contribution >= 0.6 is 0 Å². The van der Waals surface area contributed by atoms with Crippen molar-refractivity contribution in [3.05, 3.63) is 36.0 Å². The molecule has 26 heavy (non-hydrogen) atoms. The van der Waals surface area contributed by atoms with E-state index in [2.05, 4.69) is 44.1 Å². The van der Waals surface area contributed by atoms with E-state index in [-0.39, 0.29) is 0 Å². The Morgan fingerprint density at radius 3 is 2.77 bits per heavy atom. The number of aromatic nitrogens is 2. The molecule has 1 fully saturated rings. The number of benzene rings is 1. The second-order valence-corrected chi connectivity index (χ2v) is 6.62. The van der Waals surface area contributed by atoms with E-state index in [1.54, 1.807) is 0 Å². The third-order valence-electron chi connectivity index (χ3n) is 4.71. The Balaban J connectivity index is 1.32. The molecule has 1 aromatic heterocycles. The highest BCUT2D eigenvalue weighted by Crippen LogP contribution is 2.32. The Morgan fingerprint density at radius 1 is 1.08 bits per heavy atom. The Bertz CT molecular complexity index is 746. The summed E-state index contributed by atoms with van der Waals surface area (Å²) in [4.78, 5) is 13.7. The molecule has 2 aromatic rings. The summed E-state index contributed by atoms with van der Waals surface area (Å²) in [5.41, 5.74) is 1.26. The fourth-order valence-electron chi connectivity index (χ4n) is 3.28. The molecule has 0 atom stereocenters. The SMILES string of the molecule is CCCNc1nccc(N2CCN(Cc3ccc4c(c3)OCO4)CC2)n1. The van der Waals surface area contributed by atoms with Crippen LogP contribution < -0.4 is 19.7 Å². The Hall–Kier alpha value is -2.54. The summed E-state index contributed by atoms with van der Waals surface area (Å²) in [5.74, 6) is 3.41. The predicted molar refractivity (Wildman–Crippen MR) is 101 cm³/mol. The van der Waals surface area contributed by atoms with E-state index >= 15 is 0 Å². The summed E-state index contributed by atoms with van der Waals surface area (Å²) in [6, 6.07) is 8.20. The summed E-state index contributed by atoms with van der Waals surface area (Å²) in [5, 5.41) is 3.25. The van der Waals surface area contributed by atoms with Crippen LogP contribution in [-0.2, 0) is 6.54 Å². The maximum absolute atomic E-state index is 5.47. The molecular weight excluding hydrogens is 330 g/mol. The van der Waals surface area contributed by atoms with Crippen molar-refractivity contribution in [3.63, 3.8) is 0 Å². The van der Waals surface area contributed by atoms with Gasteiger partial charge in [0.1, 0.15) is 5.82 Å². The first kappa shape index (κ1) is 16.9. The average molecular weight is 355 g/mol. The molecule has 138 valence electrons. The van der Waals surface area contributed by atoms with Crippen LogP contribution in [0.4, 0.5) is 11.8 Å². The van der Waals surface area contributed by atoms with Gasteiger partial charge in [-0.15, -0.1) is 0 Å². The van der Waals surface area contributed by atoms with Gasteiger partial charge in [-0.2, -0.15) is 4.98 Å². The highest BCUT2D eigenvalue weighted by Gasteiger charge is 2.20. The van der Waals surface area contributed by atoms with Crippen LogP contribution in [0.25, 0.3) is 0 Å². The molecule has 1 saturated heterocycles. The Labute approximate surface area is 153 Å². The molecule has 1 N–H and O–H groups in total. The predicted octanol–water partition coefficient (Wildman–Crippen LogP) is 2.35. The lowest BCUT2D eigenvalue weighted by Crippen LogP contribution is -2.46. The maximum Gasteiger partial charge on any atom is 0.231 e. The highest BCUT2D eigenvalue weighted by atomic mass is 16.7. The van der Waals surface area contributed by atoms with Crippen molar-refractivity contribution < 1.29 is 9.47 Å². The maximum atomic E-state index is 5.47. The number of nitrogens with one attached hydrogen (secondary N) is 1. The summed E-state index contributed by atoms with van der Waals surface area (Å²) in [6.07, 6.45) is 2.89. The molecule has 2 aliphatic rings. The van der Waals surface area contributed by atoms with Gasteiger partial charge in [0.05, 0.1) is 0 Å². The normalized spacial score (nSPS) is 16.7. The average Bonchev–Trinajstić information content (AvgIpc) is 3.15. The van der Waals surface area contributed by atoms with Crippen LogP contribution in [0.5, 0.6) is 11.5 Å². The van der Waals surface area contributed by atoms with Gasteiger partial charge in [0.15, 0.2) is 11.5 Å². The molecule has 0 radical (unpaired) electrons. The lowest BCUT2D eigenvalue weighted by molar-refractivity contribution is 0.174. The van der Waals surface area contributed by atoms with Gasteiger partial charge in [-0.05, 0) is 30.2 Å². The van der Waals surface area contributed by atoms with Crippen LogP contribution in [0.2, 0.25) is 0 Å². The summed E-state index contributed by atoms with van der Waals surface area (Å²) in [7, 11) is 0. The van der Waals surface area contributed by atoms with Crippen LogP contribution in [0.1, 0.15) is 18.9 Å². The van der Waals surface area contributed by atoms with Gasteiger partial charge in [-0.1, -0.05) is 13.0 Å². The summed E-state index contributed by atoms with van der Waals surface area (Å²) < 4.78 is 10.9. The fourth-order valence-corrected chi connectivity index (χ4v) is 3.28. The van der Waals surface area contributed by atoms with Crippen LogP contribution in [-0.4, -0.2) is 54.4 Å². The molecule has 0 saturated carbocycles. The minimum Gasteiger partial charge on any atom is -0.454 e. The van der Waals surface area contributed by atoms with Crippen molar-refractivity contribution in [3.8, 4) is 11.5 Å². The molecule has 4 rings (SSSR count). The van der Waals surface area contributed by atoms with Crippen molar-refractivity contribution in [2.24, 2.45) is 0 Å². The quantitative estimate of drug-likeness (QED) is 0.853. The molecule has 1 aromatic carbocycles. The lowest BCUT2D eigenvalue weighted by atomic mass is 10.1. The first-order chi connectivity index (χ1) is 12.8. The van der Waals surface area contributed by atoms with Crippen LogP contribution in [0.15, 0.2) is 30.5 Å². The zero-order valence-corrected chi connectivity index (χ0v) is 15.1. The van der Waals surface area contributed by atoms with Gasteiger partial charge in [0.2, 0.25) is 12.7 Å². The zero-order chi connectivity index (χ0) is 17.8. The fraction of sp³-hybridized carbons (Fsp3) is 0.474. The molecule has 7 heteroatoms. The Morgan fingerprint density at radius 2 is 1.92 bits per heavy atom. The molecule has 0 spiro atoms. The summed E-state index contributed by atoms with van der Waals surface area (Å²) >= 11 is 0. The van der Waals surface area contributed by atoms with E-state index < -0.39 is 0 Å². The number of fused-ring (bicyclic) bond motifs is 1. The number of nitrogens with zero attached hydrogens (tertiary/aromatic N) is 4. The summed E-state index contributed by atoms with van der Waals surface area (Å²) in [6.45, 7) is 8.24. The second-order valence-electron chi connectivity index (χ2n) is 6.62. The molecule has 0 aliphatic carbocycles. The molecule has 3 heterocycles. The van der Waals surface area contributed by atoms with Crippen LogP contribution in [0.3, 0.4) is 0 Å². The van der Waals surface area contributed by atoms with Gasteiger partial charge in [-0.3, -0.25) is 4.90 Å². The minimum absolute atomic E-state index is 0.325. The zero-order valence-electron chi connectivity index (χ0n) is 15.1. The van der Waals surface area contributed by atoms with Crippen molar-refractivity contribution in [1.82, 2.24) is 14.9 Å². The second kappa shape index (κ2) is 7.78. The van der Waals surface area contributed by atoms with Crippen molar-refractivity contribution >= 4 is 11.8 Å². The van der Waals surface area contributed by atoms with E-state index in [1.165, 1.54) is 5.56 Å². The van der Waals surface area contributed by atoms with Crippen molar-refractivity contribution in [2.45, 2.75) is 19.9 Å². The first-order valence-corrected chi connectivity index (χ1v) is 9.24. The topological polar surface area (TPSA) is 62.8 Å². The molecular formula is C19H25N5O2. The van der Waals surface area contributed by atoms with Gasteiger partial charge >= 0.3 is 0 Å².